The minimum atomic E-state index is -3.34. The number of carbonyl (C=O) groups is 1. The molecule has 0 unspecified atom stereocenters. The number of hydrogen-bond acceptors (Lipinski definition) is 4. The Morgan fingerprint density at radius 3 is 2.48 bits per heavy atom. The van der Waals surface area contributed by atoms with Crippen LogP contribution in [0.5, 0.6) is 0 Å². The number of rotatable bonds is 5. The van der Waals surface area contributed by atoms with Crippen molar-refractivity contribution in [1.29, 1.82) is 0 Å². The molecule has 0 saturated heterocycles. The summed E-state index contributed by atoms with van der Waals surface area (Å²) in [5.41, 5.74) is 1.72. The maximum absolute atomic E-state index is 12.2. The lowest BCUT2D eigenvalue weighted by Gasteiger charge is -2.02. The van der Waals surface area contributed by atoms with Gasteiger partial charge in [0.2, 0.25) is 5.91 Å². The molecule has 1 aromatic heterocycles. The second kappa shape index (κ2) is 7.33. The fourth-order valence-electron chi connectivity index (χ4n) is 2.49. The van der Waals surface area contributed by atoms with Crippen molar-refractivity contribution in [2.45, 2.75) is 12.2 Å². The van der Waals surface area contributed by atoms with Crippen LogP contribution in [-0.4, -0.2) is 24.6 Å². The van der Waals surface area contributed by atoms with E-state index in [-0.39, 0.29) is 17.9 Å². The minimum absolute atomic E-state index is 0.0578. The van der Waals surface area contributed by atoms with Gasteiger partial charge in [0.15, 0.2) is 14.6 Å². The standard InChI is InChI=1S/C18H18N2O3S2/c1-20-15-9-5-6-10-16(15)24-18(20)19-17(21)11-12-25(22,23)13-14-7-3-2-4-8-14/h2-10H,11-13H2,1H3. The molecule has 3 rings (SSSR count). The lowest BCUT2D eigenvalue weighted by atomic mass is 10.2. The highest BCUT2D eigenvalue weighted by Crippen LogP contribution is 2.15. The van der Waals surface area contributed by atoms with Gasteiger partial charge in [-0.25, -0.2) is 8.42 Å². The Bertz CT molecular complexity index is 1060. The molecule has 0 saturated carbocycles. The van der Waals surface area contributed by atoms with Gasteiger partial charge >= 0.3 is 0 Å². The maximum atomic E-state index is 12.2. The summed E-state index contributed by atoms with van der Waals surface area (Å²) < 4.78 is 27.2. The van der Waals surface area contributed by atoms with Gasteiger partial charge in [0.1, 0.15) is 0 Å². The first-order valence-electron chi connectivity index (χ1n) is 7.81. The predicted octanol–water partition coefficient (Wildman–Crippen LogP) is 2.67. The fraction of sp³-hybridized carbons (Fsp3) is 0.222. The van der Waals surface area contributed by atoms with E-state index in [4.69, 9.17) is 0 Å². The van der Waals surface area contributed by atoms with Gasteiger partial charge < -0.3 is 4.57 Å². The second-order valence-electron chi connectivity index (χ2n) is 5.74. The van der Waals surface area contributed by atoms with E-state index in [1.165, 1.54) is 11.3 Å². The summed E-state index contributed by atoms with van der Waals surface area (Å²) in [4.78, 5) is 16.8. The number of hydrogen-bond donors (Lipinski definition) is 0. The van der Waals surface area contributed by atoms with E-state index in [0.717, 1.165) is 15.8 Å². The summed E-state index contributed by atoms with van der Waals surface area (Å²) in [6.45, 7) is 0. The lowest BCUT2D eigenvalue weighted by Crippen LogP contribution is -2.16. The van der Waals surface area contributed by atoms with Gasteiger partial charge in [0.25, 0.3) is 0 Å². The third-order valence-electron chi connectivity index (χ3n) is 3.79. The summed E-state index contributed by atoms with van der Waals surface area (Å²) in [7, 11) is -1.50. The zero-order valence-electron chi connectivity index (χ0n) is 13.8. The highest BCUT2D eigenvalue weighted by atomic mass is 32.2. The molecule has 1 amide bonds. The number of aryl methyl sites for hydroxylation is 1. The fourth-order valence-corrected chi connectivity index (χ4v) is 4.86. The minimum Gasteiger partial charge on any atom is -0.319 e. The van der Waals surface area contributed by atoms with Gasteiger partial charge in [0.05, 0.1) is 21.7 Å². The van der Waals surface area contributed by atoms with Crippen molar-refractivity contribution in [3.8, 4) is 0 Å². The molecule has 0 bridgehead atoms. The summed E-state index contributed by atoms with van der Waals surface area (Å²) in [5, 5.41) is 0. The lowest BCUT2D eigenvalue weighted by molar-refractivity contribution is -0.117. The molecule has 7 heteroatoms. The highest BCUT2D eigenvalue weighted by Gasteiger charge is 2.14. The van der Waals surface area contributed by atoms with Crippen LogP contribution in [0.3, 0.4) is 0 Å². The Balaban J connectivity index is 1.70. The third kappa shape index (κ3) is 4.43. The van der Waals surface area contributed by atoms with E-state index in [0.29, 0.717) is 4.80 Å². The molecule has 0 spiro atoms. The van der Waals surface area contributed by atoms with Crippen LogP contribution in [0.1, 0.15) is 12.0 Å². The average Bonchev–Trinajstić information content (AvgIpc) is 2.90. The molecule has 0 radical (unpaired) electrons. The highest BCUT2D eigenvalue weighted by molar-refractivity contribution is 7.90. The van der Waals surface area contributed by atoms with E-state index in [1.54, 1.807) is 24.3 Å². The Morgan fingerprint density at radius 2 is 1.76 bits per heavy atom. The number of benzene rings is 2. The van der Waals surface area contributed by atoms with Crippen LogP contribution < -0.4 is 4.80 Å². The van der Waals surface area contributed by atoms with Crippen molar-refractivity contribution in [3.05, 3.63) is 65.0 Å². The van der Waals surface area contributed by atoms with Gasteiger partial charge in [-0.2, -0.15) is 4.99 Å². The van der Waals surface area contributed by atoms with Crippen LogP contribution in [0, 0.1) is 0 Å². The first-order valence-corrected chi connectivity index (χ1v) is 10.4. The first-order chi connectivity index (χ1) is 11.9. The molecule has 0 aliphatic carbocycles. The van der Waals surface area contributed by atoms with Crippen molar-refractivity contribution in [2.24, 2.45) is 12.0 Å². The van der Waals surface area contributed by atoms with Crippen LogP contribution in [0.4, 0.5) is 0 Å². The molecule has 25 heavy (non-hydrogen) atoms. The smallest absolute Gasteiger partial charge is 0.249 e. The number of thiazole rings is 1. The summed E-state index contributed by atoms with van der Waals surface area (Å²) >= 11 is 1.41. The molecular formula is C18H18N2O3S2. The SMILES string of the molecule is Cn1c(=NC(=O)CCS(=O)(=O)Cc2ccccc2)sc2ccccc21. The summed E-state index contributed by atoms with van der Waals surface area (Å²) in [6.07, 6.45) is -0.108. The number of nitrogens with zero attached hydrogens (tertiary/aromatic N) is 2. The second-order valence-corrected chi connectivity index (χ2v) is 8.94. The van der Waals surface area contributed by atoms with Gasteiger partial charge in [-0.1, -0.05) is 53.8 Å². The number of fused-ring (bicyclic) bond motifs is 1. The first kappa shape index (κ1) is 17.6. The topological polar surface area (TPSA) is 68.5 Å². The van der Waals surface area contributed by atoms with Gasteiger partial charge in [0, 0.05) is 13.5 Å². The Labute approximate surface area is 150 Å². The zero-order chi connectivity index (χ0) is 17.9. The molecule has 0 aliphatic heterocycles. The molecule has 2 aromatic carbocycles. The van der Waals surface area contributed by atoms with Crippen LogP contribution >= 0.6 is 11.3 Å². The predicted molar refractivity (Wildman–Crippen MR) is 99.9 cm³/mol. The molecule has 130 valence electrons. The van der Waals surface area contributed by atoms with E-state index in [9.17, 15) is 13.2 Å². The van der Waals surface area contributed by atoms with Crippen molar-refractivity contribution in [1.82, 2.24) is 4.57 Å². The number of aromatic nitrogens is 1. The maximum Gasteiger partial charge on any atom is 0.249 e. The number of para-hydroxylation sites is 1. The summed E-state index contributed by atoms with van der Waals surface area (Å²) in [5.74, 6) is -0.671. The normalized spacial score (nSPS) is 12.6. The number of carbonyl (C=O) groups excluding carboxylic acids is 1. The summed E-state index contributed by atoms with van der Waals surface area (Å²) in [6, 6.07) is 16.7. The molecular weight excluding hydrogens is 356 g/mol. The molecule has 0 aliphatic rings. The molecule has 3 aromatic rings. The van der Waals surface area contributed by atoms with Gasteiger partial charge in [-0.3, -0.25) is 4.79 Å². The van der Waals surface area contributed by atoms with Gasteiger partial charge in [-0.05, 0) is 17.7 Å². The molecule has 0 atom stereocenters. The van der Waals surface area contributed by atoms with Crippen LogP contribution in [-0.2, 0) is 27.4 Å². The molecule has 1 heterocycles. The number of amides is 1. The number of sulfone groups is 1. The zero-order valence-corrected chi connectivity index (χ0v) is 15.4. The Morgan fingerprint density at radius 1 is 1.08 bits per heavy atom. The Kier molecular flexibility index (Phi) is 5.15. The van der Waals surface area contributed by atoms with E-state index < -0.39 is 15.7 Å². The van der Waals surface area contributed by atoms with E-state index in [2.05, 4.69) is 4.99 Å². The van der Waals surface area contributed by atoms with Crippen molar-refractivity contribution >= 4 is 37.3 Å². The average molecular weight is 374 g/mol. The Hall–Kier alpha value is -2.25. The van der Waals surface area contributed by atoms with E-state index >= 15 is 0 Å². The van der Waals surface area contributed by atoms with Crippen LogP contribution in [0.2, 0.25) is 0 Å². The van der Waals surface area contributed by atoms with E-state index in [1.807, 2.05) is 41.9 Å². The molecule has 5 nitrogen and oxygen atoms in total. The van der Waals surface area contributed by atoms with Crippen molar-refractivity contribution < 1.29 is 13.2 Å². The third-order valence-corrected chi connectivity index (χ3v) is 6.50. The quantitative estimate of drug-likeness (QED) is 0.689. The molecule has 0 N–H and O–H groups in total. The van der Waals surface area contributed by atoms with Crippen LogP contribution in [0.25, 0.3) is 10.2 Å². The van der Waals surface area contributed by atoms with Crippen molar-refractivity contribution in [3.63, 3.8) is 0 Å². The van der Waals surface area contributed by atoms with Gasteiger partial charge in [-0.15, -0.1) is 0 Å². The van der Waals surface area contributed by atoms with Crippen LogP contribution in [0.15, 0.2) is 59.6 Å². The monoisotopic (exact) mass is 374 g/mol. The largest absolute Gasteiger partial charge is 0.319 e. The van der Waals surface area contributed by atoms with Crippen molar-refractivity contribution in [2.75, 3.05) is 5.75 Å². The molecule has 0 fully saturated rings.